The van der Waals surface area contributed by atoms with E-state index in [9.17, 15) is 0 Å². The third-order valence-electron chi connectivity index (χ3n) is 2.58. The lowest BCUT2D eigenvalue weighted by Crippen LogP contribution is -1.98. The molecule has 0 aliphatic carbocycles. The van der Waals surface area contributed by atoms with Crippen LogP contribution in [0, 0.1) is 13.8 Å². The van der Waals surface area contributed by atoms with Crippen molar-refractivity contribution in [2.75, 3.05) is 0 Å². The Balaban J connectivity index is 2.15. The predicted molar refractivity (Wildman–Crippen MR) is 73.2 cm³/mol. The first kappa shape index (κ1) is 12.7. The van der Waals surface area contributed by atoms with Gasteiger partial charge in [0, 0.05) is 19.8 Å². The summed E-state index contributed by atoms with van der Waals surface area (Å²) in [7, 11) is 3.95. The number of halogens is 1. The Kier molecular flexibility index (Phi) is 3.63. The molecule has 2 aromatic heterocycles. The minimum Gasteiger partial charge on any atom is -0.270 e. The van der Waals surface area contributed by atoms with Crippen LogP contribution in [-0.4, -0.2) is 19.6 Å². The van der Waals surface area contributed by atoms with Crippen molar-refractivity contribution in [1.82, 2.24) is 19.6 Å². The average Bonchev–Trinajstić information content (AvgIpc) is 2.67. The molecule has 0 bridgehead atoms. The topological polar surface area (TPSA) is 35.6 Å². The number of aryl methyl sites for hydroxylation is 4. The monoisotopic (exact) mass is 314 g/mol. The van der Waals surface area contributed by atoms with Crippen LogP contribution in [0.1, 0.15) is 17.1 Å². The molecular formula is C11H15BrN4S. The summed E-state index contributed by atoms with van der Waals surface area (Å²) in [5.41, 5.74) is 3.28. The minimum absolute atomic E-state index is 0.886. The molecule has 0 aliphatic heterocycles. The second kappa shape index (κ2) is 4.86. The van der Waals surface area contributed by atoms with Gasteiger partial charge in [-0.15, -0.1) is 11.8 Å². The fourth-order valence-corrected chi connectivity index (χ4v) is 3.46. The highest BCUT2D eigenvalue weighted by molar-refractivity contribution is 9.10. The standard InChI is InChI=1S/C11H15BrN4S/c1-7-5-10(16(4)13-7)17-6-9-11(12)8(2)14-15(9)3/h5H,6H2,1-4H3. The number of hydrogen-bond acceptors (Lipinski definition) is 3. The number of nitrogens with zero attached hydrogens (tertiary/aromatic N) is 4. The van der Waals surface area contributed by atoms with E-state index < -0.39 is 0 Å². The zero-order valence-electron chi connectivity index (χ0n) is 10.4. The van der Waals surface area contributed by atoms with Gasteiger partial charge < -0.3 is 0 Å². The Morgan fingerprint density at radius 2 is 1.94 bits per heavy atom. The van der Waals surface area contributed by atoms with Gasteiger partial charge in [0.1, 0.15) is 0 Å². The van der Waals surface area contributed by atoms with Crippen LogP contribution in [0.2, 0.25) is 0 Å². The molecule has 0 unspecified atom stereocenters. The van der Waals surface area contributed by atoms with Crippen LogP contribution < -0.4 is 0 Å². The molecule has 6 heteroatoms. The van der Waals surface area contributed by atoms with Crippen LogP contribution >= 0.6 is 27.7 Å². The van der Waals surface area contributed by atoms with Crippen molar-refractivity contribution in [3.05, 3.63) is 27.6 Å². The molecule has 0 radical (unpaired) electrons. The van der Waals surface area contributed by atoms with Gasteiger partial charge in [0.25, 0.3) is 0 Å². The molecule has 0 aromatic carbocycles. The number of hydrogen-bond donors (Lipinski definition) is 0. The quantitative estimate of drug-likeness (QED) is 0.817. The maximum atomic E-state index is 4.38. The van der Waals surface area contributed by atoms with Crippen LogP contribution in [0.15, 0.2) is 15.6 Å². The maximum absolute atomic E-state index is 4.38. The number of rotatable bonds is 3. The lowest BCUT2D eigenvalue weighted by molar-refractivity contribution is 0.690. The van der Waals surface area contributed by atoms with E-state index in [1.807, 2.05) is 37.3 Å². The van der Waals surface area contributed by atoms with Crippen molar-refractivity contribution < 1.29 is 0 Å². The zero-order chi connectivity index (χ0) is 12.6. The first-order valence-corrected chi connectivity index (χ1v) is 7.08. The Labute approximate surface area is 114 Å². The van der Waals surface area contributed by atoms with Crippen LogP contribution in [0.25, 0.3) is 0 Å². The molecule has 0 N–H and O–H groups in total. The van der Waals surface area contributed by atoms with Gasteiger partial charge in [-0.1, -0.05) is 0 Å². The fourth-order valence-electron chi connectivity index (χ4n) is 1.70. The highest BCUT2D eigenvalue weighted by Crippen LogP contribution is 2.28. The van der Waals surface area contributed by atoms with E-state index in [1.54, 1.807) is 11.8 Å². The highest BCUT2D eigenvalue weighted by Gasteiger charge is 2.12. The number of thioether (sulfide) groups is 1. The van der Waals surface area contributed by atoms with Gasteiger partial charge in [0.15, 0.2) is 0 Å². The van der Waals surface area contributed by atoms with Crippen molar-refractivity contribution in [3.63, 3.8) is 0 Å². The molecule has 0 aliphatic rings. The first-order chi connectivity index (χ1) is 7.99. The zero-order valence-corrected chi connectivity index (χ0v) is 12.8. The van der Waals surface area contributed by atoms with E-state index in [2.05, 4.69) is 32.2 Å². The minimum atomic E-state index is 0.886. The van der Waals surface area contributed by atoms with E-state index in [1.165, 1.54) is 10.7 Å². The molecule has 2 rings (SSSR count). The smallest absolute Gasteiger partial charge is 0.0943 e. The molecule has 0 atom stereocenters. The summed E-state index contributed by atoms with van der Waals surface area (Å²) in [6, 6.07) is 2.10. The second-order valence-electron chi connectivity index (χ2n) is 4.01. The molecule has 2 aromatic rings. The van der Waals surface area contributed by atoms with E-state index in [-0.39, 0.29) is 0 Å². The molecule has 92 valence electrons. The molecule has 0 saturated heterocycles. The van der Waals surface area contributed by atoms with Gasteiger partial charge in [0.2, 0.25) is 0 Å². The molecule has 0 spiro atoms. The molecule has 0 saturated carbocycles. The molecule has 4 nitrogen and oxygen atoms in total. The average molecular weight is 315 g/mol. The van der Waals surface area contributed by atoms with Crippen molar-refractivity contribution in [2.45, 2.75) is 24.6 Å². The summed E-state index contributed by atoms with van der Waals surface area (Å²) in [6.07, 6.45) is 0. The normalized spacial score (nSPS) is 11.1. The molecule has 17 heavy (non-hydrogen) atoms. The van der Waals surface area contributed by atoms with E-state index in [4.69, 9.17) is 0 Å². The van der Waals surface area contributed by atoms with Crippen LogP contribution in [0.3, 0.4) is 0 Å². The summed E-state index contributed by atoms with van der Waals surface area (Å²) in [5, 5.41) is 9.89. The van der Waals surface area contributed by atoms with Gasteiger partial charge in [0.05, 0.1) is 26.6 Å². The van der Waals surface area contributed by atoms with Gasteiger partial charge in [-0.25, -0.2) is 0 Å². The van der Waals surface area contributed by atoms with E-state index in [0.29, 0.717) is 0 Å². The summed E-state index contributed by atoms with van der Waals surface area (Å²) in [5.74, 6) is 0.886. The molecule has 0 amide bonds. The van der Waals surface area contributed by atoms with Gasteiger partial charge >= 0.3 is 0 Å². The lowest BCUT2D eigenvalue weighted by Gasteiger charge is -2.03. The predicted octanol–water partition coefficient (Wildman–Crippen LogP) is 2.83. The Bertz CT molecular complexity index is 544. The van der Waals surface area contributed by atoms with Crippen molar-refractivity contribution in [3.8, 4) is 0 Å². The van der Waals surface area contributed by atoms with Gasteiger partial charge in [-0.05, 0) is 35.8 Å². The van der Waals surface area contributed by atoms with E-state index >= 15 is 0 Å². The Morgan fingerprint density at radius 3 is 2.41 bits per heavy atom. The van der Waals surface area contributed by atoms with E-state index in [0.717, 1.165) is 21.6 Å². The van der Waals surface area contributed by atoms with Crippen molar-refractivity contribution >= 4 is 27.7 Å². The number of aromatic nitrogens is 4. The maximum Gasteiger partial charge on any atom is 0.0943 e. The Hall–Kier alpha value is -0.750. The molecule has 2 heterocycles. The SMILES string of the molecule is Cc1cc(SCc2c(Br)c(C)nn2C)n(C)n1. The fraction of sp³-hybridized carbons (Fsp3) is 0.455. The summed E-state index contributed by atoms with van der Waals surface area (Å²) >= 11 is 5.35. The largest absolute Gasteiger partial charge is 0.270 e. The molecular weight excluding hydrogens is 300 g/mol. The third kappa shape index (κ3) is 2.57. The first-order valence-electron chi connectivity index (χ1n) is 5.30. The second-order valence-corrected chi connectivity index (χ2v) is 5.79. The van der Waals surface area contributed by atoms with Crippen LogP contribution in [0.5, 0.6) is 0 Å². The van der Waals surface area contributed by atoms with Crippen LogP contribution in [-0.2, 0) is 19.8 Å². The molecule has 0 fully saturated rings. The summed E-state index contributed by atoms with van der Waals surface area (Å²) < 4.78 is 4.94. The van der Waals surface area contributed by atoms with Gasteiger partial charge in [-0.2, -0.15) is 10.2 Å². The third-order valence-corrected chi connectivity index (χ3v) is 4.70. The highest BCUT2D eigenvalue weighted by atomic mass is 79.9. The Morgan fingerprint density at radius 1 is 1.24 bits per heavy atom. The lowest BCUT2D eigenvalue weighted by atomic mass is 10.4. The van der Waals surface area contributed by atoms with Crippen LogP contribution in [0.4, 0.5) is 0 Å². The van der Waals surface area contributed by atoms with Crippen molar-refractivity contribution in [1.29, 1.82) is 0 Å². The summed E-state index contributed by atoms with van der Waals surface area (Å²) in [4.78, 5) is 0. The van der Waals surface area contributed by atoms with Crippen molar-refractivity contribution in [2.24, 2.45) is 14.1 Å². The summed E-state index contributed by atoms with van der Waals surface area (Å²) in [6.45, 7) is 4.01. The van der Waals surface area contributed by atoms with Gasteiger partial charge in [-0.3, -0.25) is 9.36 Å².